The van der Waals surface area contributed by atoms with Crippen molar-refractivity contribution in [3.05, 3.63) is 18.3 Å². The van der Waals surface area contributed by atoms with Crippen molar-refractivity contribution < 1.29 is 4.74 Å². The van der Waals surface area contributed by atoms with Crippen LogP contribution in [0.3, 0.4) is 0 Å². The molecule has 0 spiro atoms. The molecule has 74 valence electrons. The molecule has 3 nitrogen and oxygen atoms in total. The van der Waals surface area contributed by atoms with Crippen LogP contribution in [0.15, 0.2) is 18.3 Å². The highest BCUT2D eigenvalue weighted by Gasteiger charge is 2.30. The average molecular weight is 190 g/mol. The van der Waals surface area contributed by atoms with Crippen LogP contribution in [-0.4, -0.2) is 24.2 Å². The van der Waals surface area contributed by atoms with Crippen LogP contribution >= 0.6 is 0 Å². The molecule has 0 saturated carbocycles. The lowest BCUT2D eigenvalue weighted by Gasteiger charge is -2.40. The molecule has 0 bridgehead atoms. The minimum absolute atomic E-state index is 0.561. The normalized spacial score (nSPS) is 24.9. The summed E-state index contributed by atoms with van der Waals surface area (Å²) in [7, 11) is 0. The van der Waals surface area contributed by atoms with Crippen LogP contribution in [0.5, 0.6) is 5.75 Å². The number of pyridine rings is 1. The number of ether oxygens (including phenoxy) is 1. The Morgan fingerprint density at radius 1 is 1.43 bits per heavy atom. The van der Waals surface area contributed by atoms with Gasteiger partial charge in [-0.15, -0.1) is 0 Å². The van der Waals surface area contributed by atoms with Gasteiger partial charge >= 0.3 is 0 Å². The molecule has 3 heteroatoms. The van der Waals surface area contributed by atoms with Crippen LogP contribution in [0, 0.1) is 0 Å². The largest absolute Gasteiger partial charge is 0.488 e. The Balaban J connectivity index is 1.99. The molecule has 2 aliphatic heterocycles. The summed E-state index contributed by atoms with van der Waals surface area (Å²) < 4.78 is 5.69. The standard InChI is InChI=1S/C11H14N2O/c1-2-7-13-9(4-1)8-14-10-5-3-6-12-11(10)13/h3,5-6,9H,1-2,4,7-8H2. The topological polar surface area (TPSA) is 25.4 Å². The van der Waals surface area contributed by atoms with Gasteiger partial charge < -0.3 is 9.64 Å². The zero-order valence-electron chi connectivity index (χ0n) is 8.15. The Bertz CT molecular complexity index is 340. The van der Waals surface area contributed by atoms with E-state index in [0.29, 0.717) is 6.04 Å². The predicted octanol–water partition coefficient (Wildman–Crippen LogP) is 1.83. The van der Waals surface area contributed by atoms with Gasteiger partial charge in [0.25, 0.3) is 0 Å². The minimum atomic E-state index is 0.561. The Morgan fingerprint density at radius 3 is 3.43 bits per heavy atom. The van der Waals surface area contributed by atoms with Gasteiger partial charge in [-0.2, -0.15) is 0 Å². The van der Waals surface area contributed by atoms with E-state index in [2.05, 4.69) is 9.88 Å². The summed E-state index contributed by atoms with van der Waals surface area (Å²) in [5.74, 6) is 1.99. The van der Waals surface area contributed by atoms with E-state index in [1.54, 1.807) is 0 Å². The number of fused-ring (bicyclic) bond motifs is 3. The van der Waals surface area contributed by atoms with Crippen LogP contribution < -0.4 is 9.64 Å². The van der Waals surface area contributed by atoms with Gasteiger partial charge in [-0.3, -0.25) is 0 Å². The zero-order valence-corrected chi connectivity index (χ0v) is 8.15. The summed E-state index contributed by atoms with van der Waals surface area (Å²) in [5.41, 5.74) is 0. The van der Waals surface area contributed by atoms with Crippen molar-refractivity contribution in [1.82, 2.24) is 4.98 Å². The molecule has 1 atom stereocenters. The van der Waals surface area contributed by atoms with Gasteiger partial charge in [-0.1, -0.05) is 0 Å². The average Bonchev–Trinajstić information content (AvgIpc) is 2.29. The number of anilines is 1. The monoisotopic (exact) mass is 190 g/mol. The highest BCUT2D eigenvalue weighted by atomic mass is 16.5. The number of aromatic nitrogens is 1. The Labute approximate surface area is 83.7 Å². The molecule has 2 aliphatic rings. The first-order valence-corrected chi connectivity index (χ1v) is 5.29. The lowest BCUT2D eigenvalue weighted by atomic mass is 10.0. The molecule has 0 N–H and O–H groups in total. The molecule has 1 saturated heterocycles. The Morgan fingerprint density at radius 2 is 2.43 bits per heavy atom. The third kappa shape index (κ3) is 1.15. The molecule has 3 rings (SSSR count). The lowest BCUT2D eigenvalue weighted by molar-refractivity contribution is 0.238. The van der Waals surface area contributed by atoms with Crippen molar-refractivity contribution in [3.8, 4) is 5.75 Å². The summed E-state index contributed by atoms with van der Waals surface area (Å²) >= 11 is 0. The number of hydrogen-bond donors (Lipinski definition) is 0. The maximum absolute atomic E-state index is 5.69. The van der Waals surface area contributed by atoms with E-state index >= 15 is 0 Å². The molecule has 0 aromatic carbocycles. The van der Waals surface area contributed by atoms with E-state index in [9.17, 15) is 0 Å². The van der Waals surface area contributed by atoms with Gasteiger partial charge in [-0.25, -0.2) is 4.98 Å². The molecule has 1 aromatic rings. The molecule has 0 radical (unpaired) electrons. The second kappa shape index (κ2) is 3.15. The molecule has 0 amide bonds. The van der Waals surface area contributed by atoms with Crippen molar-refractivity contribution in [3.63, 3.8) is 0 Å². The zero-order chi connectivity index (χ0) is 9.38. The number of rotatable bonds is 0. The highest BCUT2D eigenvalue weighted by molar-refractivity contribution is 5.54. The summed E-state index contributed by atoms with van der Waals surface area (Å²) in [4.78, 5) is 6.81. The SMILES string of the molecule is c1cnc2c(c1)OCC1CCCCN21. The Kier molecular flexibility index (Phi) is 1.82. The first-order chi connectivity index (χ1) is 6.95. The fourth-order valence-corrected chi connectivity index (χ4v) is 2.35. The molecule has 0 aliphatic carbocycles. The van der Waals surface area contributed by atoms with Gasteiger partial charge in [0.1, 0.15) is 6.61 Å². The second-order valence-corrected chi connectivity index (χ2v) is 3.98. The smallest absolute Gasteiger partial charge is 0.171 e. The predicted molar refractivity (Wildman–Crippen MR) is 54.7 cm³/mol. The first kappa shape index (κ1) is 8.09. The van der Waals surface area contributed by atoms with Gasteiger partial charge in [0.15, 0.2) is 11.6 Å². The maximum Gasteiger partial charge on any atom is 0.171 e. The summed E-state index contributed by atoms with van der Waals surface area (Å²) in [5, 5.41) is 0. The van der Waals surface area contributed by atoms with Gasteiger partial charge in [0, 0.05) is 12.7 Å². The maximum atomic E-state index is 5.69. The molecular weight excluding hydrogens is 176 g/mol. The third-order valence-corrected chi connectivity index (χ3v) is 3.08. The van der Waals surface area contributed by atoms with Crippen molar-refractivity contribution >= 4 is 5.82 Å². The van der Waals surface area contributed by atoms with Crippen molar-refractivity contribution in [2.24, 2.45) is 0 Å². The number of nitrogens with zero attached hydrogens (tertiary/aromatic N) is 2. The van der Waals surface area contributed by atoms with Crippen LogP contribution in [0.25, 0.3) is 0 Å². The van der Waals surface area contributed by atoms with E-state index in [4.69, 9.17) is 4.74 Å². The van der Waals surface area contributed by atoms with E-state index in [-0.39, 0.29) is 0 Å². The van der Waals surface area contributed by atoms with Gasteiger partial charge in [0.2, 0.25) is 0 Å². The molecule has 1 unspecified atom stereocenters. The number of piperidine rings is 1. The van der Waals surface area contributed by atoms with Crippen molar-refractivity contribution in [1.29, 1.82) is 0 Å². The van der Waals surface area contributed by atoms with Gasteiger partial charge in [-0.05, 0) is 31.4 Å². The summed E-state index contributed by atoms with van der Waals surface area (Å²) in [6, 6.07) is 4.50. The first-order valence-electron chi connectivity index (χ1n) is 5.29. The second-order valence-electron chi connectivity index (χ2n) is 3.98. The molecule has 3 heterocycles. The van der Waals surface area contributed by atoms with Crippen LogP contribution in [0.1, 0.15) is 19.3 Å². The van der Waals surface area contributed by atoms with Crippen molar-refractivity contribution in [2.75, 3.05) is 18.1 Å². The molecule has 1 fully saturated rings. The van der Waals surface area contributed by atoms with Crippen molar-refractivity contribution in [2.45, 2.75) is 25.3 Å². The minimum Gasteiger partial charge on any atom is -0.488 e. The van der Waals surface area contributed by atoms with Crippen LogP contribution in [-0.2, 0) is 0 Å². The molecule has 1 aromatic heterocycles. The quantitative estimate of drug-likeness (QED) is 0.624. The summed E-state index contributed by atoms with van der Waals surface area (Å²) in [6.45, 7) is 1.97. The lowest BCUT2D eigenvalue weighted by Crippen LogP contribution is -2.46. The van der Waals surface area contributed by atoms with E-state index < -0.39 is 0 Å². The van der Waals surface area contributed by atoms with Gasteiger partial charge in [0.05, 0.1) is 6.04 Å². The van der Waals surface area contributed by atoms with E-state index in [1.165, 1.54) is 19.3 Å². The van der Waals surface area contributed by atoms with Crippen LogP contribution in [0.2, 0.25) is 0 Å². The molecular formula is C11H14N2O. The number of hydrogen-bond acceptors (Lipinski definition) is 3. The molecule has 14 heavy (non-hydrogen) atoms. The highest BCUT2D eigenvalue weighted by Crippen LogP contribution is 2.34. The third-order valence-electron chi connectivity index (χ3n) is 3.08. The fraction of sp³-hybridized carbons (Fsp3) is 0.545. The van der Waals surface area contributed by atoms with Crippen LogP contribution in [0.4, 0.5) is 5.82 Å². The fourth-order valence-electron chi connectivity index (χ4n) is 2.35. The Hall–Kier alpha value is -1.25. The van der Waals surface area contributed by atoms with E-state index in [0.717, 1.165) is 24.7 Å². The van der Waals surface area contributed by atoms with E-state index in [1.807, 2.05) is 18.3 Å². The summed E-state index contributed by atoms with van der Waals surface area (Å²) in [6.07, 6.45) is 5.70.